The number of hydrogen-bond acceptors (Lipinski definition) is 5. The number of carbonyl (C=O) groups is 1. The lowest BCUT2D eigenvalue weighted by Gasteiger charge is -2.07. The highest BCUT2D eigenvalue weighted by molar-refractivity contribution is 7.85. The largest absolute Gasteiger partial charge is 0.379 e. The van der Waals surface area contributed by atoms with Crippen molar-refractivity contribution in [3.63, 3.8) is 0 Å². The zero-order chi connectivity index (χ0) is 25.8. The molecule has 0 bridgehead atoms. The number of pyridine rings is 2. The molecule has 2 aliphatic rings. The van der Waals surface area contributed by atoms with Crippen LogP contribution in [0.1, 0.15) is 54.3 Å². The Morgan fingerprint density at radius 2 is 1.86 bits per heavy atom. The lowest BCUT2D eigenvalue weighted by atomic mass is 10.1. The summed E-state index contributed by atoms with van der Waals surface area (Å²) in [6, 6.07) is 13.8. The van der Waals surface area contributed by atoms with Crippen molar-refractivity contribution >= 4 is 51.8 Å². The first-order valence-corrected chi connectivity index (χ1v) is 14.2. The number of imidazole rings is 1. The first kappa shape index (κ1) is 25.2. The summed E-state index contributed by atoms with van der Waals surface area (Å²) >= 11 is 5.82. The van der Waals surface area contributed by atoms with Crippen LogP contribution < -0.4 is 15.4 Å². The first-order chi connectivity index (χ1) is 18.0. The van der Waals surface area contributed by atoms with E-state index in [1.54, 1.807) is 18.5 Å². The summed E-state index contributed by atoms with van der Waals surface area (Å²) in [5.41, 5.74) is 5.88. The molecule has 2 saturated carbocycles. The highest BCUT2D eigenvalue weighted by Gasteiger charge is 2.25. The standard InChI is InChI=1S/C18H20N6O2S.C9H9Cl/c1-27(26)23-16-6-13(12-2-3-12)9-24-10-15(22-18(16)24)8-20-14-4-5-19-17(7-14)21-11-25;10-9-3-1-2-8(6-9)7-4-5-7/h4-7,9-12,23H,2-3,8H2,1H3,(H2,19,20,21,25);1-3,6-7H,4-5H2. The molecule has 1 atom stereocenters. The molecule has 0 saturated heterocycles. The van der Waals surface area contributed by atoms with E-state index in [-0.39, 0.29) is 0 Å². The lowest BCUT2D eigenvalue weighted by molar-refractivity contribution is -0.105. The number of amides is 1. The van der Waals surface area contributed by atoms with Crippen molar-refractivity contribution in [1.82, 2.24) is 14.4 Å². The molecule has 10 heteroatoms. The summed E-state index contributed by atoms with van der Waals surface area (Å²) in [5.74, 6) is 1.89. The minimum Gasteiger partial charge on any atom is -0.379 e. The first-order valence-electron chi connectivity index (χ1n) is 12.3. The van der Waals surface area contributed by atoms with Gasteiger partial charge in [0.1, 0.15) is 16.8 Å². The van der Waals surface area contributed by atoms with Crippen LogP contribution in [0.15, 0.2) is 61.1 Å². The van der Waals surface area contributed by atoms with Gasteiger partial charge >= 0.3 is 0 Å². The quantitative estimate of drug-likeness (QED) is 0.238. The third-order valence-corrected chi connectivity index (χ3v) is 7.00. The summed E-state index contributed by atoms with van der Waals surface area (Å²) < 4.78 is 16.7. The molecule has 3 N–H and O–H groups in total. The maximum Gasteiger partial charge on any atom is 0.212 e. The minimum absolute atomic E-state index is 0.482. The molecule has 37 heavy (non-hydrogen) atoms. The van der Waals surface area contributed by atoms with Gasteiger partial charge in [-0.1, -0.05) is 23.7 Å². The second kappa shape index (κ2) is 11.3. The Bertz CT molecular complexity index is 1430. The molecule has 1 amide bonds. The number of anilines is 3. The minimum atomic E-state index is -1.16. The van der Waals surface area contributed by atoms with E-state index in [4.69, 9.17) is 11.6 Å². The number of aromatic nitrogens is 3. The summed E-state index contributed by atoms with van der Waals surface area (Å²) in [6.45, 7) is 0.514. The third kappa shape index (κ3) is 6.87. The Balaban J connectivity index is 0.000000233. The Kier molecular flexibility index (Phi) is 7.71. The molecule has 2 aliphatic carbocycles. The van der Waals surface area contributed by atoms with Crippen molar-refractivity contribution in [3.05, 3.63) is 82.9 Å². The number of halogens is 1. The Morgan fingerprint density at radius 1 is 1.08 bits per heavy atom. The van der Waals surface area contributed by atoms with Crippen molar-refractivity contribution in [2.24, 2.45) is 0 Å². The van der Waals surface area contributed by atoms with Gasteiger partial charge in [-0.2, -0.15) is 0 Å². The van der Waals surface area contributed by atoms with Gasteiger partial charge in [-0.05, 0) is 72.9 Å². The number of benzene rings is 1. The maximum absolute atomic E-state index is 11.7. The average Bonchev–Trinajstić information content (AvgIpc) is 3.80. The van der Waals surface area contributed by atoms with E-state index in [9.17, 15) is 9.00 Å². The van der Waals surface area contributed by atoms with Crippen LogP contribution in [0.4, 0.5) is 17.2 Å². The summed E-state index contributed by atoms with van der Waals surface area (Å²) in [4.78, 5) is 19.3. The topological polar surface area (TPSA) is 100 Å². The van der Waals surface area contributed by atoms with E-state index in [1.807, 2.05) is 28.8 Å². The van der Waals surface area contributed by atoms with Gasteiger partial charge in [0.15, 0.2) is 5.65 Å². The zero-order valence-corrected chi connectivity index (χ0v) is 22.1. The van der Waals surface area contributed by atoms with Crippen molar-refractivity contribution in [1.29, 1.82) is 0 Å². The number of carbonyl (C=O) groups excluding carboxylic acids is 1. The van der Waals surface area contributed by atoms with Crippen LogP contribution in [0.2, 0.25) is 5.02 Å². The van der Waals surface area contributed by atoms with Crippen LogP contribution in [0.3, 0.4) is 0 Å². The molecule has 3 heterocycles. The SMILES string of the molecule is CS(=O)Nc1cc(C2CC2)cn2cc(CNc3ccnc(NC=O)c3)nc12.Clc1cccc(C2CC2)c1. The predicted molar refractivity (Wildman–Crippen MR) is 150 cm³/mol. The molecule has 0 aliphatic heterocycles. The Hall–Kier alpha value is -3.43. The molecular weight excluding hydrogens is 508 g/mol. The molecule has 0 spiro atoms. The molecule has 3 aromatic heterocycles. The molecule has 1 unspecified atom stereocenters. The van der Waals surface area contributed by atoms with Gasteiger partial charge in [0.05, 0.1) is 17.9 Å². The van der Waals surface area contributed by atoms with Gasteiger partial charge in [-0.3, -0.25) is 4.79 Å². The van der Waals surface area contributed by atoms with Crippen molar-refractivity contribution in [3.8, 4) is 0 Å². The molecule has 1 aromatic carbocycles. The molecule has 6 rings (SSSR count). The van der Waals surface area contributed by atoms with Gasteiger partial charge in [0.25, 0.3) is 0 Å². The van der Waals surface area contributed by atoms with Crippen molar-refractivity contribution in [2.45, 2.75) is 44.1 Å². The van der Waals surface area contributed by atoms with E-state index in [1.165, 1.54) is 36.8 Å². The molecule has 2 fully saturated rings. The van der Waals surface area contributed by atoms with E-state index in [0.29, 0.717) is 24.7 Å². The van der Waals surface area contributed by atoms with Gasteiger partial charge in [0.2, 0.25) is 6.41 Å². The molecule has 192 valence electrons. The van der Waals surface area contributed by atoms with Gasteiger partial charge in [-0.25, -0.2) is 14.2 Å². The van der Waals surface area contributed by atoms with Gasteiger partial charge in [-0.15, -0.1) is 0 Å². The van der Waals surface area contributed by atoms with Crippen LogP contribution in [-0.2, 0) is 22.3 Å². The number of fused-ring (bicyclic) bond motifs is 1. The number of nitrogens with zero attached hydrogens (tertiary/aromatic N) is 3. The smallest absolute Gasteiger partial charge is 0.212 e. The van der Waals surface area contributed by atoms with E-state index < -0.39 is 11.0 Å². The van der Waals surface area contributed by atoms with Crippen LogP contribution in [0, 0.1) is 0 Å². The fourth-order valence-electron chi connectivity index (χ4n) is 4.18. The molecule has 0 radical (unpaired) electrons. The normalized spacial score (nSPS) is 15.4. The number of nitrogens with one attached hydrogen (secondary N) is 3. The van der Waals surface area contributed by atoms with Crippen LogP contribution in [0.5, 0.6) is 0 Å². The monoisotopic (exact) mass is 536 g/mol. The third-order valence-electron chi connectivity index (χ3n) is 6.26. The second-order valence-electron chi connectivity index (χ2n) is 9.36. The van der Waals surface area contributed by atoms with Crippen molar-refractivity contribution in [2.75, 3.05) is 21.6 Å². The average molecular weight is 537 g/mol. The van der Waals surface area contributed by atoms with E-state index in [2.05, 4.69) is 49.7 Å². The number of rotatable bonds is 9. The summed E-state index contributed by atoms with van der Waals surface area (Å²) in [5, 5.41) is 6.67. The Labute approximate surface area is 223 Å². The van der Waals surface area contributed by atoms with E-state index >= 15 is 0 Å². The van der Waals surface area contributed by atoms with Crippen molar-refractivity contribution < 1.29 is 9.00 Å². The highest BCUT2D eigenvalue weighted by Crippen LogP contribution is 2.41. The maximum atomic E-state index is 11.7. The van der Waals surface area contributed by atoms with Crippen LogP contribution in [0.25, 0.3) is 5.65 Å². The zero-order valence-electron chi connectivity index (χ0n) is 20.5. The molecule has 4 aromatic rings. The Morgan fingerprint density at radius 3 is 2.57 bits per heavy atom. The van der Waals surface area contributed by atoms with Gasteiger partial charge < -0.3 is 19.8 Å². The highest BCUT2D eigenvalue weighted by atomic mass is 35.5. The molecular formula is C27H29ClN6O2S. The fraction of sp³-hybridized carbons (Fsp3) is 0.296. The fourth-order valence-corrected chi connectivity index (χ4v) is 4.83. The van der Waals surface area contributed by atoms with E-state index in [0.717, 1.165) is 33.7 Å². The van der Waals surface area contributed by atoms with Crippen LogP contribution in [-0.4, -0.2) is 31.2 Å². The molecule has 8 nitrogen and oxygen atoms in total. The summed E-state index contributed by atoms with van der Waals surface area (Å²) in [7, 11) is -1.16. The second-order valence-corrected chi connectivity index (χ2v) is 10.9. The number of hydrogen-bond donors (Lipinski definition) is 3. The summed E-state index contributed by atoms with van der Waals surface area (Å²) in [6.07, 6.45) is 13.0. The van der Waals surface area contributed by atoms with Crippen LogP contribution >= 0.6 is 11.6 Å². The lowest BCUT2D eigenvalue weighted by Crippen LogP contribution is -2.04. The van der Waals surface area contributed by atoms with Gasteiger partial charge in [0, 0.05) is 41.6 Å². The predicted octanol–water partition coefficient (Wildman–Crippen LogP) is 5.71.